The van der Waals surface area contributed by atoms with Gasteiger partial charge in [0.15, 0.2) is 29.1 Å². The molecule has 1 aliphatic heterocycles. The maximum Gasteiger partial charge on any atom is 0.303 e. The third-order valence-corrected chi connectivity index (χ3v) is 6.71. The van der Waals surface area contributed by atoms with Gasteiger partial charge in [-0.3, -0.25) is 14.9 Å². The number of nitriles is 1. The molecule has 204 valence electrons. The molecule has 0 N–H and O–H groups in total. The molecule has 1 heterocycles. The molecular weight excluding hydrogens is 496 g/mol. The molecule has 0 saturated heterocycles. The fourth-order valence-electron chi connectivity index (χ4n) is 4.63. The van der Waals surface area contributed by atoms with Crippen LogP contribution >= 0.6 is 0 Å². The van der Waals surface area contributed by atoms with Crippen LogP contribution in [0.4, 0.5) is 0 Å². The van der Waals surface area contributed by atoms with Crippen LogP contribution in [-0.4, -0.2) is 50.7 Å². The van der Waals surface area contributed by atoms with Crippen LogP contribution in [0.2, 0.25) is 0 Å². The molecular formula is C27H32N2O9. The van der Waals surface area contributed by atoms with Crippen molar-refractivity contribution in [1.29, 1.82) is 5.26 Å². The van der Waals surface area contributed by atoms with Crippen molar-refractivity contribution in [3.8, 4) is 34.8 Å². The second-order valence-electron chi connectivity index (χ2n) is 8.85. The van der Waals surface area contributed by atoms with Gasteiger partial charge >= 0.3 is 5.97 Å². The number of para-hydroxylation sites is 2. The van der Waals surface area contributed by atoms with Crippen LogP contribution in [0.15, 0.2) is 36.4 Å². The van der Waals surface area contributed by atoms with Gasteiger partial charge in [-0.15, -0.1) is 0 Å². The van der Waals surface area contributed by atoms with Crippen molar-refractivity contribution >= 4 is 5.97 Å². The highest BCUT2D eigenvalue weighted by molar-refractivity contribution is 5.66. The lowest BCUT2D eigenvalue weighted by Gasteiger charge is -2.30. The van der Waals surface area contributed by atoms with Crippen LogP contribution in [0.1, 0.15) is 45.1 Å². The van der Waals surface area contributed by atoms with Crippen molar-refractivity contribution in [3.05, 3.63) is 52.1 Å². The number of ether oxygens (including phenoxy) is 6. The van der Waals surface area contributed by atoms with E-state index in [1.807, 2.05) is 6.92 Å². The van der Waals surface area contributed by atoms with Gasteiger partial charge in [-0.05, 0) is 49.1 Å². The van der Waals surface area contributed by atoms with Crippen LogP contribution in [0.3, 0.4) is 0 Å². The number of benzene rings is 2. The fourth-order valence-corrected chi connectivity index (χ4v) is 4.63. The summed E-state index contributed by atoms with van der Waals surface area (Å²) in [5, 5.41) is 22.5. The van der Waals surface area contributed by atoms with Gasteiger partial charge < -0.3 is 28.4 Å². The SMILES string of the molecule is CCC(C#N)(CCC(OC(C)=O)C(CC1Oc2ccccc2O1)[N+](=O)[O-])c1cc(OC)c(OC)c(OC)c1. The van der Waals surface area contributed by atoms with Crippen molar-refractivity contribution in [3.63, 3.8) is 0 Å². The van der Waals surface area contributed by atoms with Crippen molar-refractivity contribution < 1.29 is 38.1 Å². The highest BCUT2D eigenvalue weighted by atomic mass is 16.7. The zero-order valence-corrected chi connectivity index (χ0v) is 22.1. The zero-order chi connectivity index (χ0) is 27.9. The Labute approximate surface area is 221 Å². The summed E-state index contributed by atoms with van der Waals surface area (Å²) in [4.78, 5) is 23.6. The quantitative estimate of drug-likeness (QED) is 0.208. The minimum atomic E-state index is -1.33. The summed E-state index contributed by atoms with van der Waals surface area (Å²) in [6.45, 7) is 3.04. The molecule has 2 aromatic carbocycles. The van der Waals surface area contributed by atoms with E-state index in [1.54, 1.807) is 36.4 Å². The molecule has 3 atom stereocenters. The summed E-state index contributed by atoms with van der Waals surface area (Å²) in [6.07, 6.45) is -1.61. The van der Waals surface area contributed by atoms with Gasteiger partial charge in [-0.25, -0.2) is 0 Å². The van der Waals surface area contributed by atoms with E-state index in [9.17, 15) is 20.2 Å². The fraction of sp³-hybridized carbons (Fsp3) is 0.481. The Balaban J connectivity index is 1.88. The lowest BCUT2D eigenvalue weighted by molar-refractivity contribution is -0.537. The lowest BCUT2D eigenvalue weighted by atomic mass is 9.74. The van der Waals surface area contributed by atoms with Gasteiger partial charge in [-0.1, -0.05) is 19.1 Å². The molecule has 11 nitrogen and oxygen atoms in total. The second-order valence-corrected chi connectivity index (χ2v) is 8.85. The molecule has 38 heavy (non-hydrogen) atoms. The summed E-state index contributed by atoms with van der Waals surface area (Å²) < 4.78 is 33.2. The molecule has 2 aromatic rings. The van der Waals surface area contributed by atoms with Crippen LogP contribution in [0.25, 0.3) is 0 Å². The topological polar surface area (TPSA) is 139 Å². The minimum absolute atomic E-state index is 0.0446. The van der Waals surface area contributed by atoms with E-state index >= 15 is 0 Å². The molecule has 0 aliphatic carbocycles. The van der Waals surface area contributed by atoms with E-state index in [1.165, 1.54) is 28.3 Å². The first-order valence-electron chi connectivity index (χ1n) is 12.2. The van der Waals surface area contributed by atoms with E-state index < -0.39 is 34.7 Å². The first kappa shape index (κ1) is 28.4. The average molecular weight is 529 g/mol. The average Bonchev–Trinajstić information content (AvgIpc) is 3.33. The van der Waals surface area contributed by atoms with E-state index in [0.29, 0.717) is 40.7 Å². The second kappa shape index (κ2) is 12.4. The van der Waals surface area contributed by atoms with Crippen LogP contribution in [0.5, 0.6) is 28.7 Å². The summed E-state index contributed by atoms with van der Waals surface area (Å²) >= 11 is 0. The molecule has 11 heteroatoms. The highest BCUT2D eigenvalue weighted by Crippen LogP contribution is 2.44. The highest BCUT2D eigenvalue weighted by Gasteiger charge is 2.42. The van der Waals surface area contributed by atoms with Crippen molar-refractivity contribution in [1.82, 2.24) is 0 Å². The summed E-state index contributed by atoms with van der Waals surface area (Å²) in [5.74, 6) is 1.45. The number of rotatable bonds is 13. The first-order chi connectivity index (χ1) is 18.2. The monoisotopic (exact) mass is 528 g/mol. The smallest absolute Gasteiger partial charge is 0.303 e. The number of nitrogens with zero attached hydrogens (tertiary/aromatic N) is 2. The van der Waals surface area contributed by atoms with E-state index in [0.717, 1.165) is 0 Å². The Bertz CT molecular complexity index is 1150. The van der Waals surface area contributed by atoms with Crippen LogP contribution in [0, 0.1) is 21.4 Å². The Hall–Kier alpha value is -4.20. The predicted octanol–water partition coefficient (Wildman–Crippen LogP) is 4.43. The summed E-state index contributed by atoms with van der Waals surface area (Å²) in [6, 6.07) is 11.4. The van der Waals surface area contributed by atoms with E-state index in [-0.39, 0.29) is 19.3 Å². The molecule has 0 bridgehead atoms. The molecule has 0 amide bonds. The van der Waals surface area contributed by atoms with Crippen molar-refractivity contribution in [2.45, 2.75) is 63.4 Å². The molecule has 1 aliphatic rings. The lowest BCUT2D eigenvalue weighted by Crippen LogP contribution is -2.42. The molecule has 3 unspecified atom stereocenters. The maximum atomic E-state index is 12.1. The molecule has 0 radical (unpaired) electrons. The van der Waals surface area contributed by atoms with Crippen LogP contribution < -0.4 is 23.7 Å². The Kier molecular flexibility index (Phi) is 9.23. The number of fused-ring (bicyclic) bond motifs is 1. The van der Waals surface area contributed by atoms with Gasteiger partial charge in [-0.2, -0.15) is 5.26 Å². The van der Waals surface area contributed by atoms with Gasteiger partial charge in [0.1, 0.15) is 0 Å². The summed E-state index contributed by atoms with van der Waals surface area (Å²) in [5.41, 5.74) is -0.489. The van der Waals surface area contributed by atoms with Crippen LogP contribution in [-0.2, 0) is 14.9 Å². The third kappa shape index (κ3) is 6.02. The molecule has 0 fully saturated rings. The minimum Gasteiger partial charge on any atom is -0.493 e. The molecule has 0 aromatic heterocycles. The predicted molar refractivity (Wildman–Crippen MR) is 135 cm³/mol. The third-order valence-electron chi connectivity index (χ3n) is 6.71. The number of carbonyl (C=O) groups is 1. The normalized spacial score (nSPS) is 15.5. The Morgan fingerprint density at radius 2 is 1.71 bits per heavy atom. The number of hydrogen-bond acceptors (Lipinski definition) is 10. The van der Waals surface area contributed by atoms with Gasteiger partial charge in [0.2, 0.25) is 12.0 Å². The maximum absolute atomic E-state index is 12.1. The van der Waals surface area contributed by atoms with Crippen molar-refractivity contribution in [2.75, 3.05) is 21.3 Å². The van der Waals surface area contributed by atoms with Crippen molar-refractivity contribution in [2.24, 2.45) is 0 Å². The van der Waals surface area contributed by atoms with E-state index in [2.05, 4.69) is 6.07 Å². The molecule has 3 rings (SSSR count). The summed E-state index contributed by atoms with van der Waals surface area (Å²) in [7, 11) is 4.44. The van der Waals surface area contributed by atoms with Gasteiger partial charge in [0.05, 0.1) is 39.2 Å². The number of carbonyl (C=O) groups excluding carboxylic acids is 1. The zero-order valence-electron chi connectivity index (χ0n) is 22.1. The van der Waals surface area contributed by atoms with E-state index in [4.69, 9.17) is 28.4 Å². The standard InChI is InChI=1S/C27H32N2O9/c1-6-27(16-28,18-13-23(33-3)26(35-5)24(14-18)34-4)12-11-20(36-17(2)30)19(29(31)32)15-25-37-21-9-7-8-10-22(21)38-25/h7-10,13-14,19-20,25H,6,11-12,15H2,1-5H3. The van der Waals surface area contributed by atoms with Gasteiger partial charge in [0, 0.05) is 11.8 Å². The molecule has 0 saturated carbocycles. The number of nitro groups is 1. The van der Waals surface area contributed by atoms with Gasteiger partial charge in [0.25, 0.3) is 6.04 Å². The Morgan fingerprint density at radius 1 is 1.13 bits per heavy atom. The number of methoxy groups -OCH3 is 3. The number of esters is 1. The first-order valence-corrected chi connectivity index (χ1v) is 12.2. The Morgan fingerprint density at radius 3 is 2.13 bits per heavy atom. The molecule has 0 spiro atoms. The largest absolute Gasteiger partial charge is 0.493 e. The number of hydrogen-bond donors (Lipinski definition) is 0.